The summed E-state index contributed by atoms with van der Waals surface area (Å²) >= 11 is 11.0. The van der Waals surface area contributed by atoms with E-state index in [1.807, 2.05) is 11.8 Å². The summed E-state index contributed by atoms with van der Waals surface area (Å²) in [5.74, 6) is 0. The summed E-state index contributed by atoms with van der Waals surface area (Å²) < 4.78 is 74.5. The van der Waals surface area contributed by atoms with Gasteiger partial charge in [-0.05, 0) is 67.8 Å². The molecule has 1 aliphatic heterocycles. The number of rotatable bonds is 4. The first-order valence-electron chi connectivity index (χ1n) is 14.0. The van der Waals surface area contributed by atoms with Crippen molar-refractivity contribution in [2.75, 3.05) is 90.6 Å². The quantitative estimate of drug-likeness (QED) is 0.454. The van der Waals surface area contributed by atoms with Gasteiger partial charge >= 0.3 is 0 Å². The number of benzene rings is 2. The Kier molecular flexibility index (Phi) is 14.7. The molecule has 1 fully saturated rings. The molecule has 2 aromatic carbocycles. The molecule has 244 valence electrons. The van der Waals surface area contributed by atoms with Gasteiger partial charge in [0.15, 0.2) is 20.1 Å². The minimum Gasteiger partial charge on any atom is -0.377 e. The fourth-order valence-electron chi connectivity index (χ4n) is 3.92. The number of sulfone groups is 1. The molecule has 2 N–H and O–H groups in total. The molecule has 0 aliphatic carbocycles. The molecular formula is C28H40N4O8S4. The Hall–Kier alpha value is -2.44. The van der Waals surface area contributed by atoms with Gasteiger partial charge in [0.2, 0.25) is 0 Å². The molecule has 1 aliphatic rings. The van der Waals surface area contributed by atoms with Crippen LogP contribution >= 0.6 is 24.4 Å². The van der Waals surface area contributed by atoms with E-state index in [4.69, 9.17) is 43.4 Å². The van der Waals surface area contributed by atoms with Gasteiger partial charge in [0, 0.05) is 38.1 Å². The zero-order valence-corrected chi connectivity index (χ0v) is 28.2. The van der Waals surface area contributed by atoms with E-state index in [0.29, 0.717) is 89.8 Å². The molecule has 0 amide bonds. The molecule has 0 bridgehead atoms. The lowest BCUT2D eigenvalue weighted by Gasteiger charge is -2.27. The first-order chi connectivity index (χ1) is 21.0. The fourth-order valence-corrected chi connectivity index (χ4v) is 6.33. The van der Waals surface area contributed by atoms with Crippen molar-refractivity contribution in [2.45, 2.75) is 16.7 Å². The minimum atomic E-state index is -3.83. The summed E-state index contributed by atoms with van der Waals surface area (Å²) in [7, 11) is -7.12. The van der Waals surface area contributed by atoms with E-state index in [2.05, 4.69) is 10.0 Å². The normalized spacial score (nSPS) is 17.2. The van der Waals surface area contributed by atoms with Gasteiger partial charge < -0.3 is 34.1 Å². The number of ether oxygens (including phenoxy) is 4. The lowest BCUT2D eigenvalue weighted by molar-refractivity contribution is 0.0218. The van der Waals surface area contributed by atoms with Gasteiger partial charge in [-0.2, -0.15) is 0 Å². The number of anilines is 1. The Morgan fingerprint density at radius 1 is 0.636 bits per heavy atom. The molecule has 0 aromatic heterocycles. The van der Waals surface area contributed by atoms with E-state index in [1.54, 1.807) is 29.2 Å². The standard InChI is InChI=1S/C28H40N4O8S4/c1-23-3-7-26(8-4-23)44(35,36)30-28(42)32-13-17-39-21-19-37-15-11-31(12-16-38-20-22-40-18-14-32)27(41)29-24-5-9-25(10-6-24)43(2,33)34/h3-10H,11-22H2,1-2H3,(H,29,41)(H,30,42). The van der Waals surface area contributed by atoms with E-state index >= 15 is 0 Å². The number of thiocarbonyl (C=S) groups is 2. The third kappa shape index (κ3) is 12.5. The van der Waals surface area contributed by atoms with E-state index in [0.717, 1.165) is 11.8 Å². The first kappa shape index (κ1) is 36.0. The van der Waals surface area contributed by atoms with Crippen molar-refractivity contribution in [1.29, 1.82) is 0 Å². The van der Waals surface area contributed by atoms with Crippen molar-refractivity contribution in [1.82, 2.24) is 14.5 Å². The Morgan fingerprint density at radius 2 is 1.05 bits per heavy atom. The highest BCUT2D eigenvalue weighted by Crippen LogP contribution is 2.15. The molecule has 0 saturated carbocycles. The van der Waals surface area contributed by atoms with Gasteiger partial charge in [0.05, 0.1) is 62.6 Å². The molecular weight excluding hydrogens is 649 g/mol. The van der Waals surface area contributed by atoms with Crippen molar-refractivity contribution in [3.8, 4) is 0 Å². The number of nitrogens with zero attached hydrogens (tertiary/aromatic N) is 2. The maximum Gasteiger partial charge on any atom is 0.263 e. The van der Waals surface area contributed by atoms with Crippen LogP contribution in [0.2, 0.25) is 0 Å². The van der Waals surface area contributed by atoms with Crippen LogP contribution in [-0.4, -0.2) is 122 Å². The molecule has 16 heteroatoms. The fraction of sp³-hybridized carbons (Fsp3) is 0.500. The smallest absolute Gasteiger partial charge is 0.263 e. The summed E-state index contributed by atoms with van der Waals surface area (Å²) in [5.41, 5.74) is 1.62. The van der Waals surface area contributed by atoms with E-state index in [9.17, 15) is 16.8 Å². The van der Waals surface area contributed by atoms with Crippen LogP contribution in [0.3, 0.4) is 0 Å². The van der Waals surface area contributed by atoms with Gasteiger partial charge in [-0.3, -0.25) is 4.72 Å². The SMILES string of the molecule is Cc1ccc(S(=O)(=O)NC(=S)N2CCOCCOCCN(C(=S)Nc3ccc(S(C)(=O)=O)cc3)CCOCCOCC2)cc1. The maximum absolute atomic E-state index is 12.8. The molecule has 44 heavy (non-hydrogen) atoms. The average Bonchev–Trinajstić information content (AvgIpc) is 2.96. The Morgan fingerprint density at radius 3 is 1.48 bits per heavy atom. The first-order valence-corrected chi connectivity index (χ1v) is 18.2. The van der Waals surface area contributed by atoms with Gasteiger partial charge in [-0.25, -0.2) is 16.8 Å². The van der Waals surface area contributed by atoms with Crippen molar-refractivity contribution in [2.24, 2.45) is 0 Å². The summed E-state index contributed by atoms with van der Waals surface area (Å²) in [6.07, 6.45) is 1.16. The second-order valence-electron chi connectivity index (χ2n) is 9.87. The van der Waals surface area contributed by atoms with Gasteiger partial charge in [0.1, 0.15) is 0 Å². The lowest BCUT2D eigenvalue weighted by Crippen LogP contribution is -2.45. The van der Waals surface area contributed by atoms with Crippen LogP contribution in [-0.2, 0) is 38.8 Å². The molecule has 2 aromatic rings. The van der Waals surface area contributed by atoms with Gasteiger partial charge in [-0.15, -0.1) is 0 Å². The third-order valence-corrected chi connectivity index (χ3v) is 9.76. The van der Waals surface area contributed by atoms with Crippen molar-refractivity contribution in [3.05, 3.63) is 54.1 Å². The van der Waals surface area contributed by atoms with Crippen LogP contribution in [0.25, 0.3) is 0 Å². The average molecular weight is 689 g/mol. The molecule has 0 atom stereocenters. The van der Waals surface area contributed by atoms with Crippen LogP contribution in [0.15, 0.2) is 58.3 Å². The van der Waals surface area contributed by atoms with Crippen molar-refractivity contribution >= 4 is 60.2 Å². The van der Waals surface area contributed by atoms with Crippen molar-refractivity contribution < 1.29 is 35.8 Å². The second kappa shape index (κ2) is 17.9. The Bertz CT molecular complexity index is 1400. The zero-order valence-electron chi connectivity index (χ0n) is 24.9. The largest absolute Gasteiger partial charge is 0.377 e. The maximum atomic E-state index is 12.8. The summed E-state index contributed by atoms with van der Waals surface area (Å²) in [6.45, 7) is 6.35. The highest BCUT2D eigenvalue weighted by atomic mass is 32.2. The number of sulfonamides is 1. The number of nitrogens with one attached hydrogen (secondary N) is 2. The van der Waals surface area contributed by atoms with E-state index in [1.165, 1.54) is 24.3 Å². The highest BCUT2D eigenvalue weighted by Gasteiger charge is 2.19. The van der Waals surface area contributed by atoms with Crippen LogP contribution in [0.1, 0.15) is 5.56 Å². The molecule has 0 radical (unpaired) electrons. The van der Waals surface area contributed by atoms with E-state index in [-0.39, 0.29) is 14.9 Å². The van der Waals surface area contributed by atoms with Crippen LogP contribution in [0.5, 0.6) is 0 Å². The molecule has 3 rings (SSSR count). The van der Waals surface area contributed by atoms with Gasteiger partial charge in [-0.1, -0.05) is 17.7 Å². The molecule has 1 heterocycles. The highest BCUT2D eigenvalue weighted by molar-refractivity contribution is 7.92. The zero-order chi connectivity index (χ0) is 32.0. The summed E-state index contributed by atoms with van der Waals surface area (Å²) in [4.78, 5) is 3.98. The molecule has 0 spiro atoms. The van der Waals surface area contributed by atoms with Crippen LogP contribution in [0, 0.1) is 6.92 Å². The Labute approximate surface area is 270 Å². The van der Waals surface area contributed by atoms with E-state index < -0.39 is 19.9 Å². The van der Waals surface area contributed by atoms with Crippen LogP contribution < -0.4 is 10.0 Å². The minimum absolute atomic E-state index is 0.0655. The second-order valence-corrected chi connectivity index (χ2v) is 14.3. The number of aryl methyl sites for hydroxylation is 1. The molecule has 0 unspecified atom stereocenters. The number of hydrogen-bond donors (Lipinski definition) is 2. The molecule has 1 saturated heterocycles. The number of hydrogen-bond acceptors (Lipinski definition) is 10. The van der Waals surface area contributed by atoms with Gasteiger partial charge in [0.25, 0.3) is 10.0 Å². The topological polar surface area (TPSA) is 136 Å². The molecule has 12 nitrogen and oxygen atoms in total. The summed E-state index contributed by atoms with van der Waals surface area (Å²) in [5, 5.41) is 3.67. The predicted octanol–water partition coefficient (Wildman–Crippen LogP) is 2.04. The third-order valence-electron chi connectivity index (χ3n) is 6.43. The summed E-state index contributed by atoms with van der Waals surface area (Å²) in [6, 6.07) is 12.9. The lowest BCUT2D eigenvalue weighted by atomic mass is 10.2. The Balaban J connectivity index is 1.50. The monoisotopic (exact) mass is 688 g/mol. The van der Waals surface area contributed by atoms with Crippen molar-refractivity contribution in [3.63, 3.8) is 0 Å². The predicted molar refractivity (Wildman–Crippen MR) is 176 cm³/mol. The van der Waals surface area contributed by atoms with Crippen LogP contribution in [0.4, 0.5) is 5.69 Å².